The number of carbonyl (C=O) groups is 1. The fourth-order valence-corrected chi connectivity index (χ4v) is 3.55. The minimum absolute atomic E-state index is 0.0802. The fourth-order valence-electron chi connectivity index (χ4n) is 2.85. The molecular formula is C17H24N4O2S. The molecule has 3 heterocycles. The van der Waals surface area contributed by atoms with Gasteiger partial charge in [0.15, 0.2) is 0 Å². The van der Waals surface area contributed by atoms with Gasteiger partial charge in [0.25, 0.3) is 0 Å². The van der Waals surface area contributed by atoms with Crippen molar-refractivity contribution in [1.29, 1.82) is 0 Å². The maximum atomic E-state index is 12.1. The van der Waals surface area contributed by atoms with Crippen LogP contribution >= 0.6 is 11.3 Å². The largest absolute Gasteiger partial charge is 0.374 e. The van der Waals surface area contributed by atoms with Crippen LogP contribution in [0, 0.1) is 6.92 Å². The predicted octanol–water partition coefficient (Wildman–Crippen LogP) is 1.31. The SMILES string of the molecule is Cc1cnn(C[C@H]2CN(CC(=O)NCCc3ccsc3)CCO2)c1. The summed E-state index contributed by atoms with van der Waals surface area (Å²) < 4.78 is 7.71. The van der Waals surface area contributed by atoms with Crippen molar-refractivity contribution in [2.75, 3.05) is 32.8 Å². The summed E-state index contributed by atoms with van der Waals surface area (Å²) >= 11 is 1.69. The molecule has 1 N–H and O–H groups in total. The lowest BCUT2D eigenvalue weighted by atomic mass is 10.2. The smallest absolute Gasteiger partial charge is 0.234 e. The first-order valence-electron chi connectivity index (χ1n) is 8.30. The monoisotopic (exact) mass is 348 g/mol. The van der Waals surface area contributed by atoms with Crippen molar-refractivity contribution >= 4 is 17.2 Å². The van der Waals surface area contributed by atoms with Gasteiger partial charge in [-0.15, -0.1) is 0 Å². The molecule has 0 radical (unpaired) electrons. The normalized spacial score (nSPS) is 18.6. The number of thiophene rings is 1. The Morgan fingerprint density at radius 3 is 3.21 bits per heavy atom. The van der Waals surface area contributed by atoms with E-state index in [1.807, 2.05) is 24.0 Å². The maximum absolute atomic E-state index is 12.1. The number of ether oxygens (including phenoxy) is 1. The van der Waals surface area contributed by atoms with Crippen LogP contribution in [0.3, 0.4) is 0 Å². The van der Waals surface area contributed by atoms with Crippen molar-refractivity contribution in [3.05, 3.63) is 40.3 Å². The average molecular weight is 348 g/mol. The maximum Gasteiger partial charge on any atom is 0.234 e. The molecule has 6 nitrogen and oxygen atoms in total. The third-order valence-electron chi connectivity index (χ3n) is 4.06. The van der Waals surface area contributed by atoms with Gasteiger partial charge in [0, 0.05) is 25.8 Å². The second kappa shape index (κ2) is 8.41. The van der Waals surface area contributed by atoms with E-state index >= 15 is 0 Å². The summed E-state index contributed by atoms with van der Waals surface area (Å²) in [6, 6.07) is 2.10. The molecule has 130 valence electrons. The Labute approximate surface area is 146 Å². The zero-order valence-corrected chi connectivity index (χ0v) is 14.8. The van der Waals surface area contributed by atoms with Crippen LogP contribution in [0.5, 0.6) is 0 Å². The number of aryl methyl sites for hydroxylation is 1. The van der Waals surface area contributed by atoms with Crippen molar-refractivity contribution in [1.82, 2.24) is 20.0 Å². The Morgan fingerprint density at radius 1 is 1.54 bits per heavy atom. The Bertz CT molecular complexity index is 641. The van der Waals surface area contributed by atoms with Crippen LogP contribution in [0.15, 0.2) is 29.2 Å². The number of carbonyl (C=O) groups excluding carboxylic acids is 1. The second-order valence-corrected chi connectivity index (χ2v) is 6.98. The minimum atomic E-state index is 0.0802. The minimum Gasteiger partial charge on any atom is -0.374 e. The number of amides is 1. The van der Waals surface area contributed by atoms with Gasteiger partial charge in [0.05, 0.1) is 32.0 Å². The molecule has 1 atom stereocenters. The molecule has 1 amide bonds. The number of nitrogens with one attached hydrogen (secondary N) is 1. The molecule has 3 rings (SSSR count). The molecule has 0 aromatic carbocycles. The first-order chi connectivity index (χ1) is 11.7. The van der Waals surface area contributed by atoms with E-state index in [4.69, 9.17) is 4.74 Å². The Balaban J connectivity index is 1.38. The molecule has 2 aromatic rings. The molecule has 1 fully saturated rings. The average Bonchev–Trinajstić information content (AvgIpc) is 3.20. The molecule has 7 heteroatoms. The van der Waals surface area contributed by atoms with Crippen LogP contribution in [0.2, 0.25) is 0 Å². The molecule has 1 aliphatic heterocycles. The number of nitrogens with zero attached hydrogens (tertiary/aromatic N) is 3. The predicted molar refractivity (Wildman–Crippen MR) is 94.2 cm³/mol. The molecule has 24 heavy (non-hydrogen) atoms. The van der Waals surface area contributed by atoms with Crippen LogP contribution in [-0.4, -0.2) is 59.5 Å². The van der Waals surface area contributed by atoms with Crippen LogP contribution in [0.4, 0.5) is 0 Å². The lowest BCUT2D eigenvalue weighted by molar-refractivity contribution is -0.124. The number of rotatable bonds is 7. The lowest BCUT2D eigenvalue weighted by Gasteiger charge is -2.32. The molecule has 0 saturated carbocycles. The van der Waals surface area contributed by atoms with E-state index < -0.39 is 0 Å². The quantitative estimate of drug-likeness (QED) is 0.820. The van der Waals surface area contributed by atoms with Crippen LogP contribution in [0.1, 0.15) is 11.1 Å². The first-order valence-corrected chi connectivity index (χ1v) is 9.24. The summed E-state index contributed by atoms with van der Waals surface area (Å²) in [5, 5.41) is 11.5. The number of hydrogen-bond donors (Lipinski definition) is 1. The molecule has 2 aromatic heterocycles. The van der Waals surface area contributed by atoms with Gasteiger partial charge in [-0.3, -0.25) is 14.4 Å². The summed E-state index contributed by atoms with van der Waals surface area (Å²) in [5.74, 6) is 0.0841. The number of hydrogen-bond acceptors (Lipinski definition) is 5. The summed E-state index contributed by atoms with van der Waals surface area (Å²) in [4.78, 5) is 14.3. The fraction of sp³-hybridized carbons (Fsp3) is 0.529. The molecule has 0 unspecified atom stereocenters. The molecule has 0 aliphatic carbocycles. The Kier molecular flexibility index (Phi) is 6.01. The molecule has 1 saturated heterocycles. The van der Waals surface area contributed by atoms with Crippen molar-refractivity contribution in [2.24, 2.45) is 0 Å². The van der Waals surface area contributed by atoms with Gasteiger partial charge in [-0.1, -0.05) is 0 Å². The van der Waals surface area contributed by atoms with E-state index in [2.05, 4.69) is 32.1 Å². The number of aromatic nitrogens is 2. The van der Waals surface area contributed by atoms with Crippen molar-refractivity contribution in [2.45, 2.75) is 26.0 Å². The summed E-state index contributed by atoms with van der Waals surface area (Å²) in [7, 11) is 0. The van der Waals surface area contributed by atoms with E-state index in [1.165, 1.54) is 5.56 Å². The Hall–Kier alpha value is -1.70. The Morgan fingerprint density at radius 2 is 2.46 bits per heavy atom. The summed E-state index contributed by atoms with van der Waals surface area (Å²) in [6.07, 6.45) is 4.83. The highest BCUT2D eigenvalue weighted by Crippen LogP contribution is 2.08. The van der Waals surface area contributed by atoms with Crippen molar-refractivity contribution in [3.63, 3.8) is 0 Å². The second-order valence-electron chi connectivity index (χ2n) is 6.20. The van der Waals surface area contributed by atoms with Crippen LogP contribution < -0.4 is 5.32 Å². The van der Waals surface area contributed by atoms with Gasteiger partial charge in [-0.25, -0.2) is 0 Å². The van der Waals surface area contributed by atoms with Gasteiger partial charge in [0.1, 0.15) is 0 Å². The van der Waals surface area contributed by atoms with Crippen LogP contribution in [-0.2, 0) is 22.5 Å². The van der Waals surface area contributed by atoms with E-state index in [1.54, 1.807) is 11.3 Å². The number of morpholine rings is 1. The van der Waals surface area contributed by atoms with E-state index in [-0.39, 0.29) is 12.0 Å². The molecule has 0 bridgehead atoms. The van der Waals surface area contributed by atoms with Gasteiger partial charge in [-0.05, 0) is 41.3 Å². The van der Waals surface area contributed by atoms with Crippen LogP contribution in [0.25, 0.3) is 0 Å². The van der Waals surface area contributed by atoms with Gasteiger partial charge in [-0.2, -0.15) is 16.4 Å². The van der Waals surface area contributed by atoms with E-state index in [0.717, 1.165) is 31.6 Å². The van der Waals surface area contributed by atoms with Crippen molar-refractivity contribution < 1.29 is 9.53 Å². The highest BCUT2D eigenvalue weighted by atomic mass is 32.1. The first kappa shape index (κ1) is 17.1. The molecular weight excluding hydrogens is 324 g/mol. The van der Waals surface area contributed by atoms with E-state index in [0.29, 0.717) is 19.7 Å². The van der Waals surface area contributed by atoms with E-state index in [9.17, 15) is 4.79 Å². The standard InChI is InChI=1S/C17H24N4O2S/c1-14-8-19-21(9-14)11-16-10-20(5-6-23-16)12-17(22)18-4-2-15-3-7-24-13-15/h3,7-9,13,16H,2,4-6,10-12H2,1H3,(H,18,22)/t16-/m1/s1. The van der Waals surface area contributed by atoms with Crippen molar-refractivity contribution in [3.8, 4) is 0 Å². The van der Waals surface area contributed by atoms with Gasteiger partial charge < -0.3 is 10.1 Å². The van der Waals surface area contributed by atoms with Gasteiger partial charge >= 0.3 is 0 Å². The highest BCUT2D eigenvalue weighted by molar-refractivity contribution is 7.07. The third-order valence-corrected chi connectivity index (χ3v) is 4.79. The summed E-state index contributed by atoms with van der Waals surface area (Å²) in [6.45, 7) is 6.09. The highest BCUT2D eigenvalue weighted by Gasteiger charge is 2.22. The molecule has 1 aliphatic rings. The molecule has 0 spiro atoms. The lowest BCUT2D eigenvalue weighted by Crippen LogP contribution is -2.48. The topological polar surface area (TPSA) is 59.4 Å². The zero-order valence-electron chi connectivity index (χ0n) is 14.0. The van der Waals surface area contributed by atoms with Gasteiger partial charge in [0.2, 0.25) is 5.91 Å². The third kappa shape index (κ3) is 5.15. The summed E-state index contributed by atoms with van der Waals surface area (Å²) in [5.41, 5.74) is 2.42. The zero-order chi connectivity index (χ0) is 16.8.